The van der Waals surface area contributed by atoms with E-state index in [2.05, 4.69) is 10.5 Å². The van der Waals surface area contributed by atoms with E-state index in [1.165, 1.54) is 18.2 Å². The zero-order chi connectivity index (χ0) is 20.2. The lowest BCUT2D eigenvalue weighted by atomic mass is 10.2. The van der Waals surface area contributed by atoms with Gasteiger partial charge in [0.25, 0.3) is 0 Å². The van der Waals surface area contributed by atoms with E-state index in [4.69, 9.17) is 5.11 Å². The number of halogens is 1. The molecule has 4 rings (SSSR count). The van der Waals surface area contributed by atoms with Crippen molar-refractivity contribution in [2.75, 3.05) is 5.43 Å². The molecule has 29 heavy (non-hydrogen) atoms. The van der Waals surface area contributed by atoms with Crippen LogP contribution < -0.4 is 5.43 Å². The molecular formula is C23H18FN3O2. The second-order valence-electron chi connectivity index (χ2n) is 6.57. The van der Waals surface area contributed by atoms with E-state index in [1.807, 2.05) is 41.1 Å². The lowest BCUT2D eigenvalue weighted by Crippen LogP contribution is -2.00. The van der Waals surface area contributed by atoms with Crippen LogP contribution in [0.15, 0.2) is 84.1 Å². The van der Waals surface area contributed by atoms with Crippen LogP contribution in [0, 0.1) is 5.82 Å². The van der Waals surface area contributed by atoms with E-state index in [0.717, 1.165) is 16.5 Å². The van der Waals surface area contributed by atoms with Crippen molar-refractivity contribution in [3.8, 4) is 0 Å². The number of nitrogens with zero attached hydrogens (tertiary/aromatic N) is 2. The van der Waals surface area contributed by atoms with Crippen LogP contribution in [0.1, 0.15) is 21.5 Å². The van der Waals surface area contributed by atoms with E-state index >= 15 is 0 Å². The Morgan fingerprint density at radius 3 is 2.52 bits per heavy atom. The smallest absolute Gasteiger partial charge is 0.335 e. The second-order valence-corrected chi connectivity index (χ2v) is 6.57. The Labute approximate surface area is 166 Å². The number of para-hydroxylation sites is 1. The molecule has 1 aromatic heterocycles. The van der Waals surface area contributed by atoms with Crippen LogP contribution in [0.4, 0.5) is 10.1 Å². The minimum atomic E-state index is -0.970. The van der Waals surface area contributed by atoms with Crippen molar-refractivity contribution < 1.29 is 14.3 Å². The highest BCUT2D eigenvalue weighted by Crippen LogP contribution is 2.22. The van der Waals surface area contributed by atoms with E-state index in [9.17, 15) is 9.18 Å². The van der Waals surface area contributed by atoms with Gasteiger partial charge in [-0.1, -0.05) is 36.4 Å². The maximum atomic E-state index is 14.1. The summed E-state index contributed by atoms with van der Waals surface area (Å²) in [6, 6.07) is 21.0. The highest BCUT2D eigenvalue weighted by atomic mass is 19.1. The van der Waals surface area contributed by atoms with Gasteiger partial charge in [-0.3, -0.25) is 5.43 Å². The molecular weight excluding hydrogens is 369 g/mol. The minimum absolute atomic E-state index is 0.218. The average molecular weight is 387 g/mol. The maximum Gasteiger partial charge on any atom is 0.335 e. The number of hydrogen-bond acceptors (Lipinski definition) is 3. The number of rotatable bonds is 6. The van der Waals surface area contributed by atoms with Gasteiger partial charge in [0.2, 0.25) is 0 Å². The van der Waals surface area contributed by atoms with Crippen molar-refractivity contribution in [2.24, 2.45) is 5.10 Å². The van der Waals surface area contributed by atoms with Gasteiger partial charge < -0.3 is 9.67 Å². The van der Waals surface area contributed by atoms with Crippen LogP contribution in [-0.2, 0) is 6.54 Å². The molecule has 0 saturated heterocycles. The van der Waals surface area contributed by atoms with Gasteiger partial charge in [-0.25, -0.2) is 9.18 Å². The Hall–Kier alpha value is -3.93. The number of aromatic nitrogens is 1. The molecule has 0 aliphatic heterocycles. The molecule has 3 aromatic carbocycles. The van der Waals surface area contributed by atoms with Crippen LogP contribution in [0.25, 0.3) is 10.9 Å². The van der Waals surface area contributed by atoms with Crippen LogP contribution in [0.5, 0.6) is 0 Å². The molecule has 0 radical (unpaired) electrons. The Morgan fingerprint density at radius 2 is 1.76 bits per heavy atom. The maximum absolute atomic E-state index is 14.1. The lowest BCUT2D eigenvalue weighted by Gasteiger charge is -2.06. The molecule has 4 aromatic rings. The third kappa shape index (κ3) is 4.01. The van der Waals surface area contributed by atoms with Gasteiger partial charge in [0, 0.05) is 28.2 Å². The summed E-state index contributed by atoms with van der Waals surface area (Å²) in [5.41, 5.74) is 6.30. The molecule has 6 heteroatoms. The summed E-state index contributed by atoms with van der Waals surface area (Å²) in [5.74, 6) is -1.20. The summed E-state index contributed by atoms with van der Waals surface area (Å²) in [6.07, 6.45) is 3.64. The minimum Gasteiger partial charge on any atom is -0.478 e. The summed E-state index contributed by atoms with van der Waals surface area (Å²) >= 11 is 0. The molecule has 144 valence electrons. The predicted octanol–water partition coefficient (Wildman–Crippen LogP) is 4.97. The first-order valence-electron chi connectivity index (χ1n) is 9.05. The number of aromatic carboxylic acids is 1. The Bertz CT molecular complexity index is 1200. The number of nitrogens with one attached hydrogen (secondary N) is 1. The zero-order valence-electron chi connectivity index (χ0n) is 15.4. The summed E-state index contributed by atoms with van der Waals surface area (Å²) in [4.78, 5) is 10.9. The van der Waals surface area contributed by atoms with Crippen molar-refractivity contribution >= 4 is 28.8 Å². The molecule has 0 amide bonds. The summed E-state index contributed by atoms with van der Waals surface area (Å²) in [7, 11) is 0. The first-order chi connectivity index (χ1) is 14.1. The number of carboxylic acids is 1. The number of hydrazone groups is 1. The number of carbonyl (C=O) groups is 1. The van der Waals surface area contributed by atoms with Gasteiger partial charge in [0.15, 0.2) is 0 Å². The SMILES string of the molecule is O=C(O)c1ccc(NN=Cc2cn(Cc3ccccc3F)c3ccccc23)cc1. The summed E-state index contributed by atoms with van der Waals surface area (Å²) in [5, 5.41) is 14.2. The number of benzene rings is 3. The first kappa shape index (κ1) is 18.4. The van der Waals surface area contributed by atoms with E-state index in [1.54, 1.807) is 30.5 Å². The lowest BCUT2D eigenvalue weighted by molar-refractivity contribution is 0.0697. The van der Waals surface area contributed by atoms with Gasteiger partial charge in [-0.2, -0.15) is 5.10 Å². The fourth-order valence-electron chi connectivity index (χ4n) is 3.18. The van der Waals surface area contributed by atoms with Crippen LogP contribution in [-0.4, -0.2) is 21.9 Å². The molecule has 5 nitrogen and oxygen atoms in total. The monoisotopic (exact) mass is 387 g/mol. The molecule has 0 atom stereocenters. The van der Waals surface area contributed by atoms with Crippen LogP contribution in [0.2, 0.25) is 0 Å². The van der Waals surface area contributed by atoms with E-state index < -0.39 is 5.97 Å². The number of hydrogen-bond donors (Lipinski definition) is 2. The van der Waals surface area contributed by atoms with E-state index in [-0.39, 0.29) is 11.4 Å². The topological polar surface area (TPSA) is 66.6 Å². The molecule has 0 fully saturated rings. The van der Waals surface area contributed by atoms with Crippen molar-refractivity contribution in [3.63, 3.8) is 0 Å². The molecule has 0 spiro atoms. The first-order valence-corrected chi connectivity index (χ1v) is 9.05. The van der Waals surface area contributed by atoms with Gasteiger partial charge in [-0.15, -0.1) is 0 Å². The van der Waals surface area contributed by atoms with Gasteiger partial charge >= 0.3 is 5.97 Å². The molecule has 0 unspecified atom stereocenters. The molecule has 2 N–H and O–H groups in total. The summed E-state index contributed by atoms with van der Waals surface area (Å²) in [6.45, 7) is 0.422. The fraction of sp³-hybridized carbons (Fsp3) is 0.0435. The predicted molar refractivity (Wildman–Crippen MR) is 112 cm³/mol. The highest BCUT2D eigenvalue weighted by molar-refractivity contribution is 5.99. The number of anilines is 1. The van der Waals surface area contributed by atoms with E-state index in [0.29, 0.717) is 17.8 Å². The Morgan fingerprint density at radius 1 is 1.03 bits per heavy atom. The molecule has 0 aliphatic carbocycles. The molecule has 1 heterocycles. The van der Waals surface area contributed by atoms with Crippen molar-refractivity contribution in [1.29, 1.82) is 0 Å². The zero-order valence-corrected chi connectivity index (χ0v) is 15.4. The van der Waals surface area contributed by atoms with Gasteiger partial charge in [0.1, 0.15) is 5.82 Å². The van der Waals surface area contributed by atoms with Crippen molar-refractivity contribution in [2.45, 2.75) is 6.54 Å². The second kappa shape index (κ2) is 7.98. The molecule has 0 saturated carbocycles. The largest absolute Gasteiger partial charge is 0.478 e. The Balaban J connectivity index is 1.58. The van der Waals surface area contributed by atoms with Gasteiger partial charge in [-0.05, 0) is 36.4 Å². The fourth-order valence-corrected chi connectivity index (χ4v) is 3.18. The van der Waals surface area contributed by atoms with Gasteiger partial charge in [0.05, 0.1) is 24.0 Å². The van der Waals surface area contributed by atoms with Crippen LogP contribution >= 0.6 is 0 Å². The highest BCUT2D eigenvalue weighted by Gasteiger charge is 2.09. The number of carboxylic acid groups (broad SMARTS) is 1. The van der Waals surface area contributed by atoms with Crippen molar-refractivity contribution in [3.05, 3.63) is 102 Å². The van der Waals surface area contributed by atoms with Crippen molar-refractivity contribution in [1.82, 2.24) is 4.57 Å². The third-order valence-corrected chi connectivity index (χ3v) is 4.65. The standard InChI is InChI=1S/C23H18FN3O2/c24-21-7-3-1-5-17(21)14-27-15-18(20-6-2-4-8-22(20)27)13-25-26-19-11-9-16(10-12-19)23(28)29/h1-13,15,26H,14H2,(H,28,29). The molecule has 0 aliphatic rings. The van der Waals surface area contributed by atoms with Crippen LogP contribution in [0.3, 0.4) is 0 Å². The average Bonchev–Trinajstić information content (AvgIpc) is 3.08. The third-order valence-electron chi connectivity index (χ3n) is 4.65. The summed E-state index contributed by atoms with van der Waals surface area (Å²) < 4.78 is 16.1. The normalized spacial score (nSPS) is 11.2. The number of fused-ring (bicyclic) bond motifs is 1. The molecule has 0 bridgehead atoms. The quantitative estimate of drug-likeness (QED) is 0.362. The Kier molecular flexibility index (Phi) is 5.07.